The second kappa shape index (κ2) is 7.86. The van der Waals surface area contributed by atoms with Gasteiger partial charge in [-0.05, 0) is 65.8 Å². The Bertz CT molecular complexity index is 1440. The highest BCUT2D eigenvalue weighted by atomic mass is 79.9. The molecule has 0 N–H and O–H groups in total. The van der Waals surface area contributed by atoms with Crippen LogP contribution < -0.4 is 9.47 Å². The summed E-state index contributed by atoms with van der Waals surface area (Å²) in [6.07, 6.45) is 2.19. The molecule has 0 saturated carbocycles. The normalized spacial score (nSPS) is 20.6. The first-order chi connectivity index (χ1) is 16.7. The highest BCUT2D eigenvalue weighted by Crippen LogP contribution is 2.51. The minimum atomic E-state index is -0.649. The van der Waals surface area contributed by atoms with Gasteiger partial charge in [0.05, 0.1) is 13.2 Å². The lowest BCUT2D eigenvalue weighted by atomic mass is 9.88. The molecule has 35 heavy (non-hydrogen) atoms. The van der Waals surface area contributed by atoms with Crippen molar-refractivity contribution in [1.82, 2.24) is 13.9 Å². The summed E-state index contributed by atoms with van der Waals surface area (Å²) >= 11 is 4.85. The maximum atomic E-state index is 12.9. The van der Waals surface area contributed by atoms with E-state index >= 15 is 0 Å². The van der Waals surface area contributed by atoms with Gasteiger partial charge in [0.25, 0.3) is 0 Å². The molecule has 3 aliphatic rings. The molecule has 1 aromatic carbocycles. The first-order valence-electron chi connectivity index (χ1n) is 11.3. The number of ether oxygens (including phenoxy) is 4. The monoisotopic (exact) mass is 557 g/mol. The average molecular weight is 558 g/mol. The number of carbonyl (C=O) groups is 1. The van der Waals surface area contributed by atoms with Gasteiger partial charge >= 0.3 is 6.09 Å². The third-order valence-electron chi connectivity index (χ3n) is 6.57. The van der Waals surface area contributed by atoms with Crippen LogP contribution in [0, 0.1) is 5.69 Å². The van der Waals surface area contributed by atoms with E-state index in [-0.39, 0.29) is 12.9 Å². The van der Waals surface area contributed by atoms with Gasteiger partial charge in [0, 0.05) is 41.2 Å². The van der Waals surface area contributed by atoms with E-state index in [2.05, 4.69) is 15.9 Å². The molecule has 1 atom stereocenters. The van der Waals surface area contributed by atoms with E-state index in [4.69, 9.17) is 29.6 Å². The van der Waals surface area contributed by atoms with Crippen LogP contribution in [0.25, 0.3) is 22.2 Å². The lowest BCUT2D eigenvalue weighted by Gasteiger charge is -2.27. The van der Waals surface area contributed by atoms with Gasteiger partial charge in [-0.3, -0.25) is 0 Å². The van der Waals surface area contributed by atoms with Gasteiger partial charge in [-0.15, -0.1) is 0 Å². The summed E-state index contributed by atoms with van der Waals surface area (Å²) in [5.41, 5.74) is 9.54. The quantitative estimate of drug-likeness (QED) is 0.385. The molecule has 0 radical (unpaired) electrons. The molecule has 182 valence electrons. The molecule has 0 aliphatic carbocycles. The number of pyridine rings is 1. The summed E-state index contributed by atoms with van der Waals surface area (Å²) in [4.78, 5) is 19.3. The zero-order valence-corrected chi connectivity index (χ0v) is 22.0. The molecule has 8 nitrogen and oxygen atoms in total. The van der Waals surface area contributed by atoms with Gasteiger partial charge in [-0.25, -0.2) is 13.8 Å². The molecule has 0 bridgehead atoms. The van der Waals surface area contributed by atoms with Crippen molar-refractivity contribution in [1.29, 1.82) is 0 Å². The number of carbonyl (C=O) groups excluding carboxylic acids is 1. The SMILES string of the molecule is C#Sn1c(Br)c(-c2ccc3c(c2)OCO3)c2c3c(cnc21)COC31CCN(C(=O)OC(C)(C)C)C1. The van der Waals surface area contributed by atoms with Gasteiger partial charge in [-0.2, -0.15) is 0 Å². The van der Waals surface area contributed by atoms with Crippen LogP contribution in [0.2, 0.25) is 0 Å². The van der Waals surface area contributed by atoms with E-state index in [1.165, 1.54) is 0 Å². The number of benzene rings is 1. The molecular formula is C25H24BrN3O5S. The molecule has 2 aromatic heterocycles. The second-order valence-electron chi connectivity index (χ2n) is 9.93. The van der Waals surface area contributed by atoms with Crippen LogP contribution in [0.1, 0.15) is 38.3 Å². The highest BCUT2D eigenvalue weighted by molar-refractivity contribution is 9.10. The third kappa shape index (κ3) is 3.50. The summed E-state index contributed by atoms with van der Waals surface area (Å²) < 4.78 is 25.9. The fraction of sp³-hybridized carbons (Fsp3) is 0.400. The average Bonchev–Trinajstić information content (AvgIpc) is 3.57. The first kappa shape index (κ1) is 22.7. The summed E-state index contributed by atoms with van der Waals surface area (Å²) in [7, 11) is 0. The van der Waals surface area contributed by atoms with Gasteiger partial charge < -0.3 is 23.8 Å². The molecule has 3 aliphatic heterocycles. The summed E-state index contributed by atoms with van der Waals surface area (Å²) in [5.74, 6) is 1.41. The molecule has 5 heterocycles. The summed E-state index contributed by atoms with van der Waals surface area (Å²) in [6, 6.07) is 5.88. The molecule has 1 fully saturated rings. The van der Waals surface area contributed by atoms with E-state index in [0.717, 1.165) is 49.2 Å². The number of amides is 1. The Kier molecular flexibility index (Phi) is 5.09. The molecule has 3 aromatic rings. The van der Waals surface area contributed by atoms with Crippen LogP contribution in [-0.2, 0) is 21.7 Å². The smallest absolute Gasteiger partial charge is 0.410 e. The van der Waals surface area contributed by atoms with Crippen LogP contribution in [0.5, 0.6) is 11.5 Å². The predicted octanol–water partition coefficient (Wildman–Crippen LogP) is 5.65. The maximum Gasteiger partial charge on any atom is 0.410 e. The number of hydrogen-bond acceptors (Lipinski definition) is 6. The topological polar surface area (TPSA) is 75.1 Å². The lowest BCUT2D eigenvalue weighted by Crippen LogP contribution is -2.38. The molecule has 1 amide bonds. The predicted molar refractivity (Wildman–Crippen MR) is 136 cm³/mol. The van der Waals surface area contributed by atoms with E-state index in [9.17, 15) is 4.79 Å². The number of nitrogens with zero attached hydrogens (tertiary/aromatic N) is 3. The minimum absolute atomic E-state index is 0.203. The van der Waals surface area contributed by atoms with E-state index in [1.807, 2.05) is 49.1 Å². The lowest BCUT2D eigenvalue weighted by molar-refractivity contribution is -0.0320. The van der Waals surface area contributed by atoms with Crippen molar-refractivity contribution in [2.75, 3.05) is 19.9 Å². The fourth-order valence-corrected chi connectivity index (χ4v) is 6.41. The fourth-order valence-electron chi connectivity index (χ4n) is 5.14. The Morgan fingerprint density at radius 2 is 2.09 bits per heavy atom. The van der Waals surface area contributed by atoms with Crippen molar-refractivity contribution in [3.63, 3.8) is 0 Å². The van der Waals surface area contributed by atoms with Crippen molar-refractivity contribution in [3.8, 4) is 28.3 Å². The summed E-state index contributed by atoms with van der Waals surface area (Å²) in [6.45, 7) is 7.20. The standard InChI is InChI=1S/C25H24BrN3O5S/c1-24(2,3)34-23(30)28-8-7-25(12-28)20-15(11-33-25)10-27-22-19(20)18(21(26)29(22)35-4)14-5-6-16-17(9-14)32-13-31-16/h4-6,9-10H,7-8,11-13H2,1-3H3. The van der Waals surface area contributed by atoms with Gasteiger partial charge in [0.15, 0.2) is 17.1 Å². The Morgan fingerprint density at radius 3 is 2.86 bits per heavy atom. The molecular weight excluding hydrogens is 534 g/mol. The van der Waals surface area contributed by atoms with Crippen molar-refractivity contribution in [2.24, 2.45) is 0 Å². The maximum absolute atomic E-state index is 12.9. The molecule has 10 heteroatoms. The van der Waals surface area contributed by atoms with E-state index in [1.54, 1.807) is 4.90 Å². The number of halogens is 1. The Hall–Kier alpha value is -2.78. The number of rotatable bonds is 1. The van der Waals surface area contributed by atoms with Gasteiger partial charge in [-0.1, -0.05) is 11.8 Å². The van der Waals surface area contributed by atoms with Crippen LogP contribution in [0.4, 0.5) is 4.79 Å². The number of aromatic nitrogens is 2. The van der Waals surface area contributed by atoms with Crippen molar-refractivity contribution in [2.45, 2.75) is 45.0 Å². The van der Waals surface area contributed by atoms with Gasteiger partial charge in [0.1, 0.15) is 15.8 Å². The van der Waals surface area contributed by atoms with Crippen molar-refractivity contribution in [3.05, 3.63) is 40.1 Å². The molecule has 1 unspecified atom stereocenters. The highest BCUT2D eigenvalue weighted by Gasteiger charge is 2.50. The van der Waals surface area contributed by atoms with Crippen molar-refractivity contribution >= 4 is 44.4 Å². The Balaban J connectivity index is 1.52. The zero-order valence-electron chi connectivity index (χ0n) is 19.6. The Labute approximate surface area is 215 Å². The minimum Gasteiger partial charge on any atom is -0.454 e. The molecule has 1 spiro atoms. The number of hydrogen-bond donors (Lipinski definition) is 0. The van der Waals surface area contributed by atoms with Gasteiger partial charge in [0.2, 0.25) is 6.79 Å². The van der Waals surface area contributed by atoms with Crippen LogP contribution in [0.15, 0.2) is 29.0 Å². The molecule has 1 saturated heterocycles. The zero-order chi connectivity index (χ0) is 24.5. The van der Waals surface area contributed by atoms with Crippen molar-refractivity contribution < 1.29 is 23.7 Å². The first-order valence-corrected chi connectivity index (χ1v) is 13.0. The second-order valence-corrected chi connectivity index (χ2v) is 11.3. The van der Waals surface area contributed by atoms with Crippen LogP contribution >= 0.6 is 27.3 Å². The molecule has 6 rings (SSSR count). The number of likely N-dealkylation sites (tertiary alicyclic amines) is 1. The largest absolute Gasteiger partial charge is 0.454 e. The summed E-state index contributed by atoms with van der Waals surface area (Å²) in [5, 5.41) is 0.953. The third-order valence-corrected chi connectivity index (χ3v) is 8.13. The van der Waals surface area contributed by atoms with Crippen LogP contribution in [0.3, 0.4) is 0 Å². The van der Waals surface area contributed by atoms with Crippen LogP contribution in [-0.4, -0.2) is 45.4 Å². The van der Waals surface area contributed by atoms with E-state index < -0.39 is 11.2 Å². The van der Waals surface area contributed by atoms with E-state index in [0.29, 0.717) is 37.6 Å². The Morgan fingerprint density at radius 1 is 1.29 bits per heavy atom. The number of fused-ring (bicyclic) bond motifs is 5.